The Kier molecular flexibility index (Phi) is 6.38. The molecule has 0 fully saturated rings. The van der Waals surface area contributed by atoms with Crippen LogP contribution in [0.5, 0.6) is 0 Å². The number of aromatic nitrogens is 1. The van der Waals surface area contributed by atoms with Crippen LogP contribution in [-0.2, 0) is 0 Å². The third-order valence-electron chi connectivity index (χ3n) is 4.88. The summed E-state index contributed by atoms with van der Waals surface area (Å²) in [5.41, 5.74) is 7.23. The van der Waals surface area contributed by atoms with Gasteiger partial charge in [-0.25, -0.2) is 14.8 Å². The molecule has 4 rings (SSSR count). The van der Waals surface area contributed by atoms with E-state index < -0.39 is 0 Å². The highest BCUT2D eigenvalue weighted by Gasteiger charge is 2.13. The lowest BCUT2D eigenvalue weighted by Gasteiger charge is -2.10. The first-order valence-corrected chi connectivity index (χ1v) is 10.3. The Morgan fingerprint density at radius 3 is 2.00 bits per heavy atom. The van der Waals surface area contributed by atoms with Crippen LogP contribution in [-0.4, -0.2) is 16.6 Å². The lowest BCUT2D eigenvalue weighted by molar-refractivity contribution is 0.0955. The summed E-state index contributed by atoms with van der Waals surface area (Å²) in [5, 5.41) is 4.83. The van der Waals surface area contributed by atoms with Crippen molar-refractivity contribution in [2.24, 2.45) is 5.10 Å². The molecule has 0 aliphatic carbocycles. The van der Waals surface area contributed by atoms with Crippen molar-refractivity contribution < 1.29 is 9.18 Å². The molecular formula is C26H19ClFN3O. The van der Waals surface area contributed by atoms with Gasteiger partial charge in [-0.05, 0) is 61.0 Å². The summed E-state index contributed by atoms with van der Waals surface area (Å²) in [6.07, 6.45) is 0. The highest BCUT2D eigenvalue weighted by molar-refractivity contribution is 6.30. The molecule has 3 aromatic carbocycles. The predicted octanol–water partition coefficient (Wildman–Crippen LogP) is 6.36. The molecule has 0 radical (unpaired) electrons. The van der Waals surface area contributed by atoms with E-state index in [1.807, 2.05) is 49.4 Å². The van der Waals surface area contributed by atoms with Gasteiger partial charge in [0, 0.05) is 21.7 Å². The Morgan fingerprint density at radius 2 is 1.41 bits per heavy atom. The molecule has 158 valence electrons. The van der Waals surface area contributed by atoms with Crippen molar-refractivity contribution in [3.63, 3.8) is 0 Å². The van der Waals surface area contributed by atoms with Crippen molar-refractivity contribution in [1.29, 1.82) is 0 Å². The maximum Gasteiger partial charge on any atom is 0.271 e. The second-order valence-corrected chi connectivity index (χ2v) is 7.58. The molecule has 0 atom stereocenters. The summed E-state index contributed by atoms with van der Waals surface area (Å²) in [7, 11) is 0. The van der Waals surface area contributed by atoms with E-state index in [1.54, 1.807) is 36.4 Å². The highest BCUT2D eigenvalue weighted by Crippen LogP contribution is 2.26. The second-order valence-electron chi connectivity index (χ2n) is 7.14. The number of benzene rings is 3. The van der Waals surface area contributed by atoms with Crippen molar-refractivity contribution in [1.82, 2.24) is 10.4 Å². The number of pyridine rings is 1. The van der Waals surface area contributed by atoms with Crippen LogP contribution in [0.15, 0.2) is 96.1 Å². The molecule has 1 amide bonds. The predicted molar refractivity (Wildman–Crippen MR) is 126 cm³/mol. The number of hydrazone groups is 1. The third-order valence-corrected chi connectivity index (χ3v) is 5.14. The van der Waals surface area contributed by atoms with Crippen molar-refractivity contribution in [2.75, 3.05) is 0 Å². The molecule has 0 aliphatic rings. The summed E-state index contributed by atoms with van der Waals surface area (Å²) < 4.78 is 13.4. The molecule has 1 aromatic heterocycles. The average Bonchev–Trinajstić information content (AvgIpc) is 2.83. The van der Waals surface area contributed by atoms with E-state index in [9.17, 15) is 9.18 Å². The van der Waals surface area contributed by atoms with Gasteiger partial charge in [-0.3, -0.25) is 4.79 Å². The van der Waals surface area contributed by atoms with Crippen LogP contribution in [0.25, 0.3) is 22.5 Å². The van der Waals surface area contributed by atoms with E-state index in [4.69, 9.17) is 11.6 Å². The van der Waals surface area contributed by atoms with Crippen molar-refractivity contribution in [3.8, 4) is 22.5 Å². The largest absolute Gasteiger partial charge is 0.271 e. The zero-order valence-electron chi connectivity index (χ0n) is 17.2. The summed E-state index contributed by atoms with van der Waals surface area (Å²) in [5.74, 6) is -0.715. The Hall–Kier alpha value is -3.83. The molecule has 4 aromatic rings. The molecular weight excluding hydrogens is 425 g/mol. The highest BCUT2D eigenvalue weighted by atomic mass is 35.5. The van der Waals surface area contributed by atoms with Crippen LogP contribution in [0.1, 0.15) is 22.8 Å². The lowest BCUT2D eigenvalue weighted by Crippen LogP contribution is -2.19. The second kappa shape index (κ2) is 9.54. The van der Waals surface area contributed by atoms with Crippen LogP contribution in [0.3, 0.4) is 0 Å². The van der Waals surface area contributed by atoms with Gasteiger partial charge in [0.2, 0.25) is 0 Å². The van der Waals surface area contributed by atoms with Gasteiger partial charge in [0.1, 0.15) is 5.82 Å². The maximum atomic E-state index is 13.4. The van der Waals surface area contributed by atoms with Crippen LogP contribution in [0, 0.1) is 5.82 Å². The van der Waals surface area contributed by atoms with Gasteiger partial charge in [0.15, 0.2) is 0 Å². The Morgan fingerprint density at radius 1 is 0.844 bits per heavy atom. The molecule has 0 saturated carbocycles. The van der Waals surface area contributed by atoms with Gasteiger partial charge in [-0.2, -0.15) is 5.10 Å². The topological polar surface area (TPSA) is 54.4 Å². The SMILES string of the molecule is C/C(=N/NC(=O)c1cc(-c2ccc(F)cc2)nc(-c2ccc(Cl)cc2)c1)c1ccccc1. The molecule has 6 heteroatoms. The van der Waals surface area contributed by atoms with E-state index in [1.165, 1.54) is 12.1 Å². The quantitative estimate of drug-likeness (QED) is 0.288. The van der Waals surface area contributed by atoms with E-state index in [0.717, 1.165) is 11.1 Å². The Bertz CT molecular complexity index is 1210. The first-order chi connectivity index (χ1) is 15.5. The summed E-state index contributed by atoms with van der Waals surface area (Å²) >= 11 is 6.01. The molecule has 0 bridgehead atoms. The molecule has 0 saturated heterocycles. The first-order valence-electron chi connectivity index (χ1n) is 9.93. The van der Waals surface area contributed by atoms with Crippen molar-refractivity contribution >= 4 is 23.2 Å². The van der Waals surface area contributed by atoms with Crippen molar-refractivity contribution in [2.45, 2.75) is 6.92 Å². The number of amides is 1. The number of carbonyl (C=O) groups excluding carboxylic acids is 1. The molecule has 32 heavy (non-hydrogen) atoms. The molecule has 4 nitrogen and oxygen atoms in total. The molecule has 0 unspecified atom stereocenters. The van der Waals surface area contributed by atoms with Gasteiger partial charge in [-0.15, -0.1) is 0 Å². The van der Waals surface area contributed by atoms with Crippen LogP contribution in [0.2, 0.25) is 5.02 Å². The van der Waals surface area contributed by atoms with Gasteiger partial charge in [-0.1, -0.05) is 54.1 Å². The summed E-state index contributed by atoms with van der Waals surface area (Å²) in [6.45, 7) is 1.82. The monoisotopic (exact) mass is 443 g/mol. The van der Waals surface area contributed by atoms with Gasteiger partial charge < -0.3 is 0 Å². The number of rotatable bonds is 5. The smallest absolute Gasteiger partial charge is 0.267 e. The van der Waals surface area contributed by atoms with Gasteiger partial charge in [0.25, 0.3) is 5.91 Å². The van der Waals surface area contributed by atoms with Crippen LogP contribution >= 0.6 is 11.6 Å². The number of nitrogens with one attached hydrogen (secondary N) is 1. The maximum absolute atomic E-state index is 13.4. The minimum absolute atomic E-state index is 0.341. The zero-order valence-corrected chi connectivity index (χ0v) is 18.0. The number of halogens is 2. The first kappa shape index (κ1) is 21.4. The number of hydrogen-bond donors (Lipinski definition) is 1. The molecule has 0 spiro atoms. The van der Waals surface area contributed by atoms with E-state index >= 15 is 0 Å². The average molecular weight is 444 g/mol. The zero-order chi connectivity index (χ0) is 22.5. The fourth-order valence-electron chi connectivity index (χ4n) is 3.14. The van der Waals surface area contributed by atoms with Crippen molar-refractivity contribution in [3.05, 3.63) is 113 Å². The van der Waals surface area contributed by atoms with Gasteiger partial charge in [0.05, 0.1) is 17.1 Å². The summed E-state index contributed by atoms with van der Waals surface area (Å²) in [6, 6.07) is 26.1. The number of hydrogen-bond acceptors (Lipinski definition) is 3. The molecule has 1 heterocycles. The normalized spacial score (nSPS) is 11.3. The number of nitrogens with zero attached hydrogens (tertiary/aromatic N) is 2. The fraction of sp³-hybridized carbons (Fsp3) is 0.0385. The Balaban J connectivity index is 1.70. The summed E-state index contributed by atoms with van der Waals surface area (Å²) in [4.78, 5) is 17.6. The Labute approximate surface area is 190 Å². The van der Waals surface area contributed by atoms with Crippen LogP contribution < -0.4 is 5.43 Å². The van der Waals surface area contributed by atoms with E-state index in [0.29, 0.717) is 33.2 Å². The third kappa shape index (κ3) is 5.07. The standard InChI is InChI=1S/C26H19ClFN3O/c1-17(18-5-3-2-4-6-18)30-31-26(32)21-15-24(19-7-11-22(27)12-8-19)29-25(16-21)20-9-13-23(28)14-10-20/h2-16H,1H3,(H,31,32)/b30-17-. The van der Waals surface area contributed by atoms with Crippen LogP contribution in [0.4, 0.5) is 4.39 Å². The fourth-order valence-corrected chi connectivity index (χ4v) is 3.27. The van der Waals surface area contributed by atoms with E-state index in [-0.39, 0.29) is 11.7 Å². The minimum Gasteiger partial charge on any atom is -0.267 e. The lowest BCUT2D eigenvalue weighted by atomic mass is 10.0. The number of carbonyl (C=O) groups is 1. The molecule has 1 N–H and O–H groups in total. The van der Waals surface area contributed by atoms with E-state index in [2.05, 4.69) is 15.5 Å². The van der Waals surface area contributed by atoms with Gasteiger partial charge >= 0.3 is 0 Å². The molecule has 0 aliphatic heterocycles. The minimum atomic E-state index is -0.374.